The highest BCUT2D eigenvalue weighted by atomic mass is 19.1. The topological polar surface area (TPSA) is 198 Å². The fourth-order valence-corrected chi connectivity index (χ4v) is 9.28. The molecule has 0 radical (unpaired) electrons. The highest BCUT2D eigenvalue weighted by Gasteiger charge is 2.53. The summed E-state index contributed by atoms with van der Waals surface area (Å²) >= 11 is 0. The van der Waals surface area contributed by atoms with Crippen LogP contribution in [0.15, 0.2) is 28.4 Å². The molecule has 3 heterocycles. The molecule has 4 aliphatic rings. The van der Waals surface area contributed by atoms with E-state index in [1.54, 1.807) is 26.8 Å². The molecule has 2 saturated heterocycles. The number of halogens is 1. The van der Waals surface area contributed by atoms with Gasteiger partial charge in [-0.15, -0.1) is 0 Å². The quantitative estimate of drug-likeness (QED) is 0.0772. The number of hydrogen-bond donors (Lipinski definition) is 2. The first-order valence-electron chi connectivity index (χ1n) is 20.7. The highest BCUT2D eigenvalue weighted by molar-refractivity contribution is 6.39. The normalized spacial score (nSPS) is 38.2. The molecular formula is C42H65FN4O10. The van der Waals surface area contributed by atoms with Gasteiger partial charge in [0.1, 0.15) is 30.2 Å². The summed E-state index contributed by atoms with van der Waals surface area (Å²) in [6.45, 7) is 10.8. The highest BCUT2D eigenvalue weighted by Crippen LogP contribution is 2.40. The monoisotopic (exact) mass is 804 g/mol. The molecule has 2 bridgehead atoms. The van der Waals surface area contributed by atoms with E-state index >= 15 is 4.39 Å². The van der Waals surface area contributed by atoms with Crippen molar-refractivity contribution in [1.29, 1.82) is 0 Å². The number of carbonyl (C=O) groups is 4. The fourth-order valence-electron chi connectivity index (χ4n) is 9.28. The van der Waals surface area contributed by atoms with Gasteiger partial charge in [0.2, 0.25) is 5.79 Å². The van der Waals surface area contributed by atoms with Crippen LogP contribution >= 0.6 is 0 Å². The van der Waals surface area contributed by atoms with E-state index < -0.39 is 83.6 Å². The number of esters is 1. The number of alkyl halides is 1. The first-order valence-corrected chi connectivity index (χ1v) is 20.7. The standard InChI is InChI=1S/C42H65FN4O10/c1-9-28-21-26(4)37(43)41(5,6)23-34(55-8)36-33(54-7)17-18-42(53,57-36)38(50)39(51)47-19-11-10-12-30(47)40(52)56-35(24(2)13-16-31(28)48)25(3)20-27-14-15-29(45-46-44)32(49)22-27/h20-21,24,27-30,32-37,49,53H,9-19,22-23H2,1-8H3. The molecular weight excluding hydrogens is 739 g/mol. The Hall–Kier alpha value is -3.20. The molecule has 2 N–H and O–H groups in total. The molecule has 57 heavy (non-hydrogen) atoms. The average Bonchev–Trinajstić information content (AvgIpc) is 3.19. The number of azide groups is 1. The number of hydrogen-bond acceptors (Lipinski definition) is 11. The smallest absolute Gasteiger partial charge is 0.329 e. The molecule has 1 amide bonds. The van der Waals surface area contributed by atoms with Crippen LogP contribution in [0.2, 0.25) is 0 Å². The van der Waals surface area contributed by atoms with Gasteiger partial charge in [-0.3, -0.25) is 14.4 Å². The molecule has 1 aliphatic carbocycles. The van der Waals surface area contributed by atoms with Gasteiger partial charge in [-0.1, -0.05) is 45.0 Å². The Labute approximate surface area is 336 Å². The minimum absolute atomic E-state index is 0.0686. The number of carbonyl (C=O) groups excluding carboxylic acids is 4. The van der Waals surface area contributed by atoms with Crippen molar-refractivity contribution in [1.82, 2.24) is 4.90 Å². The second-order valence-corrected chi connectivity index (χ2v) is 17.4. The van der Waals surface area contributed by atoms with Gasteiger partial charge in [0.25, 0.3) is 11.7 Å². The minimum Gasteiger partial charge on any atom is -0.456 e. The molecule has 3 aliphatic heterocycles. The van der Waals surface area contributed by atoms with Crippen LogP contribution in [0.3, 0.4) is 0 Å². The number of methoxy groups -OCH3 is 2. The zero-order valence-corrected chi connectivity index (χ0v) is 35.0. The lowest BCUT2D eigenvalue weighted by Crippen LogP contribution is -2.61. The number of nitrogens with zero attached hydrogens (tertiary/aromatic N) is 4. The third kappa shape index (κ3) is 11.1. The van der Waals surface area contributed by atoms with Gasteiger partial charge in [0.05, 0.1) is 24.4 Å². The Bertz CT molecular complexity index is 1560. The van der Waals surface area contributed by atoms with E-state index in [0.717, 1.165) is 4.90 Å². The van der Waals surface area contributed by atoms with Gasteiger partial charge in [-0.05, 0) is 107 Å². The molecule has 0 spiro atoms. The Kier molecular flexibility index (Phi) is 16.5. The third-order valence-electron chi connectivity index (χ3n) is 12.7. The molecule has 15 heteroatoms. The first kappa shape index (κ1) is 46.5. The second kappa shape index (κ2) is 20.2. The summed E-state index contributed by atoms with van der Waals surface area (Å²) in [6.07, 6.45) is 1.67. The molecule has 1 saturated carbocycles. The molecule has 320 valence electrons. The number of ketones is 2. The number of rotatable bonds is 6. The summed E-state index contributed by atoms with van der Waals surface area (Å²) in [5, 5.41) is 26.2. The number of cyclic esters (lactones) is 1. The zero-order valence-electron chi connectivity index (χ0n) is 35.0. The maximum absolute atomic E-state index is 16.5. The Morgan fingerprint density at radius 1 is 1.11 bits per heavy atom. The molecule has 12 unspecified atom stereocenters. The Morgan fingerprint density at radius 2 is 1.81 bits per heavy atom. The van der Waals surface area contributed by atoms with E-state index in [-0.39, 0.29) is 56.3 Å². The summed E-state index contributed by atoms with van der Waals surface area (Å²) < 4.78 is 40.4. The van der Waals surface area contributed by atoms with E-state index in [9.17, 15) is 29.4 Å². The average molecular weight is 805 g/mol. The molecule has 0 aromatic heterocycles. The van der Waals surface area contributed by atoms with Crippen molar-refractivity contribution >= 4 is 23.4 Å². The maximum Gasteiger partial charge on any atom is 0.329 e. The Morgan fingerprint density at radius 3 is 2.44 bits per heavy atom. The summed E-state index contributed by atoms with van der Waals surface area (Å²) in [5.74, 6) is -6.64. The number of Topliss-reactive ketones (excluding diaryl/α,β-unsaturated/α-hetero) is 2. The van der Waals surface area contributed by atoms with Crippen LogP contribution in [-0.2, 0) is 38.1 Å². The van der Waals surface area contributed by atoms with E-state index in [2.05, 4.69) is 10.0 Å². The maximum atomic E-state index is 16.5. The molecule has 14 nitrogen and oxygen atoms in total. The van der Waals surface area contributed by atoms with Gasteiger partial charge < -0.3 is 34.1 Å². The number of ether oxygens (including phenoxy) is 4. The number of allylic oxidation sites excluding steroid dienone is 3. The van der Waals surface area contributed by atoms with Gasteiger partial charge in [-0.2, -0.15) is 0 Å². The van der Waals surface area contributed by atoms with Crippen LogP contribution < -0.4 is 0 Å². The van der Waals surface area contributed by atoms with Crippen molar-refractivity contribution in [3.8, 4) is 0 Å². The van der Waals surface area contributed by atoms with Crippen LogP contribution in [0.1, 0.15) is 119 Å². The van der Waals surface area contributed by atoms with E-state index in [0.29, 0.717) is 56.1 Å². The third-order valence-corrected chi connectivity index (χ3v) is 12.7. The summed E-state index contributed by atoms with van der Waals surface area (Å²) in [6, 6.07) is -1.64. The number of aliphatic hydroxyl groups is 2. The van der Waals surface area contributed by atoms with Crippen LogP contribution in [-0.4, -0.2) is 114 Å². The number of fused-ring (bicyclic) bond motifs is 3. The van der Waals surface area contributed by atoms with Crippen molar-refractivity contribution in [2.45, 2.75) is 173 Å². The minimum atomic E-state index is -2.56. The van der Waals surface area contributed by atoms with Crippen molar-refractivity contribution in [3.05, 3.63) is 33.7 Å². The van der Waals surface area contributed by atoms with Gasteiger partial charge in [-0.25, -0.2) is 9.18 Å². The molecule has 3 fully saturated rings. The van der Waals surface area contributed by atoms with E-state index in [4.69, 9.17) is 24.5 Å². The van der Waals surface area contributed by atoms with Crippen molar-refractivity contribution in [2.75, 3.05) is 20.8 Å². The van der Waals surface area contributed by atoms with Crippen molar-refractivity contribution in [2.24, 2.45) is 28.3 Å². The number of piperidine rings is 1. The van der Waals surface area contributed by atoms with Gasteiger partial charge in [0.15, 0.2) is 0 Å². The number of amides is 1. The second-order valence-electron chi connectivity index (χ2n) is 17.4. The van der Waals surface area contributed by atoms with Gasteiger partial charge in [0, 0.05) is 49.9 Å². The largest absolute Gasteiger partial charge is 0.456 e. The summed E-state index contributed by atoms with van der Waals surface area (Å²) in [4.78, 5) is 60.1. The van der Waals surface area contributed by atoms with E-state index in [1.165, 1.54) is 14.2 Å². The molecule has 0 aromatic carbocycles. The number of aliphatic hydroxyl groups excluding tert-OH is 1. The van der Waals surface area contributed by atoms with Gasteiger partial charge >= 0.3 is 5.97 Å². The summed E-state index contributed by atoms with van der Waals surface area (Å²) in [5.41, 5.74) is 8.93. The van der Waals surface area contributed by atoms with Crippen molar-refractivity contribution in [3.63, 3.8) is 0 Å². The molecule has 12 atom stereocenters. The Balaban J connectivity index is 1.75. The molecule has 4 rings (SSSR count). The zero-order chi connectivity index (χ0) is 42.2. The first-order chi connectivity index (χ1) is 26.9. The van der Waals surface area contributed by atoms with Crippen LogP contribution in [0, 0.1) is 23.2 Å². The summed E-state index contributed by atoms with van der Waals surface area (Å²) in [7, 11) is 2.89. The predicted octanol–water partition coefficient (Wildman–Crippen LogP) is 6.26. The van der Waals surface area contributed by atoms with Crippen LogP contribution in [0.25, 0.3) is 10.4 Å². The lowest BCUT2D eigenvalue weighted by atomic mass is 9.76. The van der Waals surface area contributed by atoms with E-state index in [1.807, 2.05) is 26.8 Å². The SMILES string of the molecule is CCC1C=C(C)C(F)C(C)(C)CC(OC)C2OC(O)(CCC2OC)C(=O)C(=O)N2CCCCC2C(=O)OC(C(C)=CC2CCC(N=[N+]=[N-])C(O)C2)C(C)CCC1=O. The lowest BCUT2D eigenvalue weighted by Gasteiger charge is -2.45. The van der Waals surface area contributed by atoms with Crippen LogP contribution in [0.5, 0.6) is 0 Å². The lowest BCUT2D eigenvalue weighted by molar-refractivity contribution is -0.284. The molecule has 0 aromatic rings. The van der Waals surface area contributed by atoms with Crippen LogP contribution in [0.4, 0.5) is 4.39 Å². The predicted molar refractivity (Wildman–Crippen MR) is 209 cm³/mol. The fraction of sp³-hybridized carbons (Fsp3) is 0.810. The van der Waals surface area contributed by atoms with Crippen molar-refractivity contribution < 1.29 is 52.7 Å².